The Balaban J connectivity index is 1.91. The zero-order valence-electron chi connectivity index (χ0n) is 14.0. The standard InChI is InChI=1S/C19H14F2N2O3/c1-10-6-12(15-8-11-4-3-5-14(24-2)18(11)25-15)17-13(7-10)23-16(9-22-17)26-19(20)21/h3-9,19H,1-2H3. The molecule has 4 rings (SSSR count). The lowest BCUT2D eigenvalue weighted by atomic mass is 10.1. The van der Waals surface area contributed by atoms with Gasteiger partial charge in [-0.3, -0.25) is 0 Å². The summed E-state index contributed by atoms with van der Waals surface area (Å²) in [5, 5.41) is 0.889. The predicted octanol–water partition coefficient (Wildman–Crippen LogP) is 4.96. The lowest BCUT2D eigenvalue weighted by Crippen LogP contribution is -2.04. The molecular formula is C19H14F2N2O3. The molecule has 0 fully saturated rings. The number of alkyl halides is 2. The predicted molar refractivity (Wildman–Crippen MR) is 92.7 cm³/mol. The van der Waals surface area contributed by atoms with E-state index >= 15 is 0 Å². The topological polar surface area (TPSA) is 57.4 Å². The maximum atomic E-state index is 12.4. The molecule has 0 amide bonds. The van der Waals surface area contributed by atoms with Crippen LogP contribution in [-0.2, 0) is 0 Å². The van der Waals surface area contributed by atoms with Crippen LogP contribution in [0.15, 0.2) is 47.0 Å². The third kappa shape index (κ3) is 2.81. The fourth-order valence-electron chi connectivity index (χ4n) is 2.91. The highest BCUT2D eigenvalue weighted by atomic mass is 19.3. The molecule has 2 aromatic heterocycles. The van der Waals surface area contributed by atoms with Gasteiger partial charge in [-0.15, -0.1) is 0 Å². The highest BCUT2D eigenvalue weighted by Crippen LogP contribution is 2.36. The van der Waals surface area contributed by atoms with Gasteiger partial charge in [0.05, 0.1) is 24.3 Å². The third-order valence-electron chi connectivity index (χ3n) is 3.97. The van der Waals surface area contributed by atoms with Crippen LogP contribution in [0.2, 0.25) is 0 Å². The second-order valence-electron chi connectivity index (χ2n) is 5.76. The molecule has 0 radical (unpaired) electrons. The summed E-state index contributed by atoms with van der Waals surface area (Å²) in [5.74, 6) is 0.995. The molecule has 26 heavy (non-hydrogen) atoms. The van der Waals surface area contributed by atoms with E-state index in [0.717, 1.165) is 10.9 Å². The van der Waals surface area contributed by atoms with Gasteiger partial charge in [0.2, 0.25) is 5.88 Å². The van der Waals surface area contributed by atoms with Crippen LogP contribution in [0.5, 0.6) is 11.6 Å². The highest BCUT2D eigenvalue weighted by Gasteiger charge is 2.16. The number of benzene rings is 2. The Bertz CT molecular complexity index is 1110. The summed E-state index contributed by atoms with van der Waals surface area (Å²) in [4.78, 5) is 8.37. The molecular weight excluding hydrogens is 342 g/mol. The summed E-state index contributed by atoms with van der Waals surface area (Å²) in [6, 6.07) is 11.2. The molecule has 0 spiro atoms. The fraction of sp³-hybridized carbons (Fsp3) is 0.158. The number of hydrogen-bond donors (Lipinski definition) is 0. The largest absolute Gasteiger partial charge is 0.493 e. The van der Waals surface area contributed by atoms with Crippen LogP contribution in [0.3, 0.4) is 0 Å². The normalized spacial score (nSPS) is 11.4. The van der Waals surface area contributed by atoms with Crippen LogP contribution < -0.4 is 9.47 Å². The minimum atomic E-state index is -2.95. The minimum Gasteiger partial charge on any atom is -0.493 e. The Labute approximate surface area is 147 Å². The molecule has 0 aliphatic rings. The van der Waals surface area contributed by atoms with E-state index in [-0.39, 0.29) is 5.88 Å². The van der Waals surface area contributed by atoms with E-state index in [1.54, 1.807) is 13.2 Å². The molecule has 0 N–H and O–H groups in total. The van der Waals surface area contributed by atoms with Gasteiger partial charge in [-0.25, -0.2) is 9.97 Å². The van der Waals surface area contributed by atoms with Gasteiger partial charge in [0.1, 0.15) is 5.76 Å². The fourth-order valence-corrected chi connectivity index (χ4v) is 2.91. The molecule has 4 aromatic rings. The molecule has 0 unspecified atom stereocenters. The number of aryl methyl sites for hydroxylation is 1. The molecule has 132 valence electrons. The van der Waals surface area contributed by atoms with Crippen molar-refractivity contribution in [2.75, 3.05) is 7.11 Å². The van der Waals surface area contributed by atoms with Crippen LogP contribution in [0.4, 0.5) is 8.78 Å². The van der Waals surface area contributed by atoms with E-state index in [1.807, 2.05) is 37.3 Å². The van der Waals surface area contributed by atoms with E-state index in [0.29, 0.717) is 33.7 Å². The first-order chi connectivity index (χ1) is 12.5. The van der Waals surface area contributed by atoms with E-state index in [9.17, 15) is 8.78 Å². The quantitative estimate of drug-likeness (QED) is 0.517. The van der Waals surface area contributed by atoms with Crippen LogP contribution in [0.1, 0.15) is 5.56 Å². The van der Waals surface area contributed by atoms with Crippen molar-refractivity contribution >= 4 is 22.0 Å². The summed E-state index contributed by atoms with van der Waals surface area (Å²) in [5.41, 5.74) is 3.23. The van der Waals surface area contributed by atoms with Gasteiger partial charge < -0.3 is 13.9 Å². The number of rotatable bonds is 4. The Morgan fingerprint density at radius 3 is 2.77 bits per heavy atom. The third-order valence-corrected chi connectivity index (χ3v) is 3.97. The van der Waals surface area contributed by atoms with Crippen LogP contribution in [0, 0.1) is 6.92 Å². The zero-order valence-corrected chi connectivity index (χ0v) is 14.0. The second kappa shape index (κ2) is 6.25. The smallest absolute Gasteiger partial charge is 0.388 e. The average molecular weight is 356 g/mol. The molecule has 2 heterocycles. The SMILES string of the molecule is COc1cccc2cc(-c3cc(C)cc4nc(OC(F)F)cnc34)oc12. The van der Waals surface area contributed by atoms with Crippen molar-refractivity contribution in [2.24, 2.45) is 0 Å². The lowest BCUT2D eigenvalue weighted by molar-refractivity contribution is -0.0528. The van der Waals surface area contributed by atoms with E-state index < -0.39 is 6.61 Å². The van der Waals surface area contributed by atoms with Crippen LogP contribution in [-0.4, -0.2) is 23.7 Å². The number of hydrogen-bond acceptors (Lipinski definition) is 5. The molecule has 0 aliphatic carbocycles. The highest BCUT2D eigenvalue weighted by molar-refractivity contribution is 5.95. The zero-order chi connectivity index (χ0) is 18.3. The number of aromatic nitrogens is 2. The van der Waals surface area contributed by atoms with E-state index in [1.165, 1.54) is 6.20 Å². The molecule has 5 nitrogen and oxygen atoms in total. The summed E-state index contributed by atoms with van der Waals surface area (Å²) in [7, 11) is 1.58. The molecule has 0 saturated heterocycles. The maximum absolute atomic E-state index is 12.4. The van der Waals surface area contributed by atoms with Gasteiger partial charge in [-0.1, -0.05) is 12.1 Å². The van der Waals surface area contributed by atoms with E-state index in [2.05, 4.69) is 14.7 Å². The van der Waals surface area contributed by atoms with Crippen LogP contribution >= 0.6 is 0 Å². The van der Waals surface area contributed by atoms with Gasteiger partial charge in [-0.2, -0.15) is 8.78 Å². The summed E-state index contributed by atoms with van der Waals surface area (Å²) in [6.07, 6.45) is 1.18. The first kappa shape index (κ1) is 16.3. The molecule has 0 bridgehead atoms. The Morgan fingerprint density at radius 2 is 2.00 bits per heavy atom. The second-order valence-corrected chi connectivity index (χ2v) is 5.76. The summed E-state index contributed by atoms with van der Waals surface area (Å²) in [6.45, 7) is -1.07. The van der Waals surface area contributed by atoms with Crippen molar-refractivity contribution < 1.29 is 22.7 Å². The van der Waals surface area contributed by atoms with Crippen molar-refractivity contribution in [1.82, 2.24) is 9.97 Å². The number of methoxy groups -OCH3 is 1. The van der Waals surface area contributed by atoms with Crippen molar-refractivity contribution in [3.63, 3.8) is 0 Å². The Hall–Kier alpha value is -3.22. The number of halogens is 2. The maximum Gasteiger partial charge on any atom is 0.388 e. The van der Waals surface area contributed by atoms with Gasteiger partial charge >= 0.3 is 6.61 Å². The Morgan fingerprint density at radius 1 is 1.15 bits per heavy atom. The molecule has 0 atom stereocenters. The van der Waals surface area contributed by atoms with Gasteiger partial charge in [0.15, 0.2) is 11.3 Å². The first-order valence-electron chi connectivity index (χ1n) is 7.84. The van der Waals surface area contributed by atoms with Crippen molar-refractivity contribution in [3.8, 4) is 23.0 Å². The van der Waals surface area contributed by atoms with Crippen LogP contribution in [0.25, 0.3) is 33.3 Å². The number of nitrogens with zero attached hydrogens (tertiary/aromatic N) is 2. The van der Waals surface area contributed by atoms with Crippen molar-refractivity contribution in [2.45, 2.75) is 13.5 Å². The monoisotopic (exact) mass is 356 g/mol. The molecule has 7 heteroatoms. The van der Waals surface area contributed by atoms with Crippen molar-refractivity contribution in [3.05, 3.63) is 48.2 Å². The average Bonchev–Trinajstić information content (AvgIpc) is 3.04. The Kier molecular flexibility index (Phi) is 3.91. The van der Waals surface area contributed by atoms with Crippen molar-refractivity contribution in [1.29, 1.82) is 0 Å². The minimum absolute atomic E-state index is 0.227. The van der Waals surface area contributed by atoms with E-state index in [4.69, 9.17) is 9.15 Å². The number of fused-ring (bicyclic) bond motifs is 2. The molecule has 0 saturated carbocycles. The van der Waals surface area contributed by atoms with Gasteiger partial charge in [-0.05, 0) is 36.8 Å². The van der Waals surface area contributed by atoms with Gasteiger partial charge in [0, 0.05) is 10.9 Å². The number of ether oxygens (including phenoxy) is 2. The summed E-state index contributed by atoms with van der Waals surface area (Å²) < 4.78 is 40.5. The lowest BCUT2D eigenvalue weighted by Gasteiger charge is -2.07. The number of furan rings is 1. The molecule has 0 aliphatic heterocycles. The molecule has 2 aromatic carbocycles. The first-order valence-corrected chi connectivity index (χ1v) is 7.84. The van der Waals surface area contributed by atoms with Gasteiger partial charge in [0.25, 0.3) is 0 Å². The summed E-state index contributed by atoms with van der Waals surface area (Å²) >= 11 is 0. The number of para-hydroxylation sites is 1.